The summed E-state index contributed by atoms with van der Waals surface area (Å²) in [5, 5.41) is 10.9. The monoisotopic (exact) mass is 409 g/mol. The number of nitrogens with two attached hydrogens (primary N) is 1. The molecule has 0 radical (unpaired) electrons. The van der Waals surface area contributed by atoms with E-state index in [-0.39, 0.29) is 18.0 Å². The second-order valence-electron chi connectivity index (χ2n) is 6.70. The summed E-state index contributed by atoms with van der Waals surface area (Å²) in [5.41, 5.74) is 9.32. The van der Waals surface area contributed by atoms with Crippen LogP contribution in [0.15, 0.2) is 71.6 Å². The Bertz CT molecular complexity index is 959. The van der Waals surface area contributed by atoms with Gasteiger partial charge >= 0.3 is 0 Å². The summed E-state index contributed by atoms with van der Waals surface area (Å²) in [5.74, 6) is 0.337. The van der Waals surface area contributed by atoms with Crippen molar-refractivity contribution in [2.24, 2.45) is 5.73 Å². The quantitative estimate of drug-likeness (QED) is 0.327. The van der Waals surface area contributed by atoms with Crippen LogP contribution < -0.4 is 15.8 Å². The first-order valence-electron chi connectivity index (χ1n) is 9.23. The lowest BCUT2D eigenvalue weighted by atomic mass is 10.0. The van der Waals surface area contributed by atoms with E-state index in [9.17, 15) is 4.39 Å². The summed E-state index contributed by atoms with van der Waals surface area (Å²) >= 11 is 1.68. The molecule has 0 spiro atoms. The third-order valence-corrected chi connectivity index (χ3v) is 5.23. The van der Waals surface area contributed by atoms with Gasteiger partial charge in [-0.05, 0) is 73.3 Å². The van der Waals surface area contributed by atoms with Gasteiger partial charge in [-0.25, -0.2) is 4.39 Å². The Morgan fingerprint density at radius 2 is 1.76 bits per heavy atom. The Hall–Kier alpha value is -2.83. The van der Waals surface area contributed by atoms with E-state index in [0.29, 0.717) is 11.3 Å². The number of rotatable bonds is 8. The van der Waals surface area contributed by atoms with Gasteiger partial charge in [0.15, 0.2) is 0 Å². The standard InChI is InChI=1S/C23H24FN3OS/c1-15(26)23(16-3-10-21(29-2)11-4-16)28-20-9-12-22(17(13-20)14-25)27-19-7-5-18(24)6-8-19/h3-15,23,25,27H,26H2,1-2H3/t15-,23-/m0/s1. The SMILES string of the molecule is CSc1ccc([C@@H](Oc2ccc(Nc3ccc(F)cc3)c(C=N)c2)[C@H](C)N)cc1. The summed E-state index contributed by atoms with van der Waals surface area (Å²) < 4.78 is 19.3. The van der Waals surface area contributed by atoms with Crippen molar-refractivity contribution in [3.63, 3.8) is 0 Å². The Kier molecular flexibility index (Phi) is 6.90. The Balaban J connectivity index is 1.81. The number of hydrogen-bond acceptors (Lipinski definition) is 5. The van der Waals surface area contributed by atoms with Crippen LogP contribution in [0.3, 0.4) is 0 Å². The average molecular weight is 410 g/mol. The molecule has 0 heterocycles. The van der Waals surface area contributed by atoms with Crippen molar-refractivity contribution in [3.05, 3.63) is 83.7 Å². The molecule has 0 aliphatic rings. The van der Waals surface area contributed by atoms with Crippen LogP contribution in [-0.2, 0) is 0 Å². The van der Waals surface area contributed by atoms with Crippen LogP contribution >= 0.6 is 11.8 Å². The predicted molar refractivity (Wildman–Crippen MR) is 119 cm³/mol. The van der Waals surface area contributed by atoms with Crippen molar-refractivity contribution in [2.75, 3.05) is 11.6 Å². The van der Waals surface area contributed by atoms with Gasteiger partial charge in [-0.3, -0.25) is 0 Å². The number of halogens is 1. The average Bonchev–Trinajstić information content (AvgIpc) is 2.74. The molecule has 3 aromatic carbocycles. The first-order valence-corrected chi connectivity index (χ1v) is 10.5. The highest BCUT2D eigenvalue weighted by Gasteiger charge is 2.19. The Morgan fingerprint density at radius 1 is 1.07 bits per heavy atom. The van der Waals surface area contributed by atoms with Crippen LogP contribution in [0.1, 0.15) is 24.2 Å². The Labute approximate surface area is 174 Å². The molecule has 0 saturated heterocycles. The molecule has 29 heavy (non-hydrogen) atoms. The van der Waals surface area contributed by atoms with E-state index < -0.39 is 0 Å². The maximum Gasteiger partial charge on any atom is 0.138 e. The molecule has 0 aromatic heterocycles. The van der Waals surface area contributed by atoms with Gasteiger partial charge in [0.25, 0.3) is 0 Å². The molecule has 0 amide bonds. The molecular weight excluding hydrogens is 385 g/mol. The number of ether oxygens (including phenoxy) is 1. The van der Waals surface area contributed by atoms with E-state index in [1.54, 1.807) is 30.0 Å². The number of thioether (sulfide) groups is 1. The van der Waals surface area contributed by atoms with E-state index in [2.05, 4.69) is 17.4 Å². The van der Waals surface area contributed by atoms with Crippen LogP contribution in [0.25, 0.3) is 0 Å². The minimum absolute atomic E-state index is 0.212. The van der Waals surface area contributed by atoms with Gasteiger partial charge in [0, 0.05) is 34.1 Å². The van der Waals surface area contributed by atoms with Crippen molar-refractivity contribution in [1.29, 1.82) is 5.41 Å². The van der Waals surface area contributed by atoms with Gasteiger partial charge < -0.3 is 21.2 Å². The number of anilines is 2. The minimum Gasteiger partial charge on any atom is -0.484 e. The fourth-order valence-corrected chi connectivity index (χ4v) is 3.36. The normalized spacial score (nSPS) is 12.8. The maximum absolute atomic E-state index is 13.1. The van der Waals surface area contributed by atoms with Crippen LogP contribution in [0.2, 0.25) is 0 Å². The van der Waals surface area contributed by atoms with E-state index in [1.807, 2.05) is 37.4 Å². The van der Waals surface area contributed by atoms with Gasteiger partial charge in [0.1, 0.15) is 17.7 Å². The van der Waals surface area contributed by atoms with Gasteiger partial charge in [-0.1, -0.05) is 12.1 Å². The number of nitrogens with one attached hydrogen (secondary N) is 2. The number of hydrogen-bond donors (Lipinski definition) is 3. The van der Waals surface area contributed by atoms with Crippen molar-refractivity contribution in [3.8, 4) is 5.75 Å². The first kappa shape index (κ1) is 20.9. The van der Waals surface area contributed by atoms with E-state index >= 15 is 0 Å². The summed E-state index contributed by atoms with van der Waals surface area (Å²) in [6.45, 7) is 1.91. The van der Waals surface area contributed by atoms with Crippen LogP contribution in [0.4, 0.5) is 15.8 Å². The molecule has 0 aliphatic heterocycles. The topological polar surface area (TPSA) is 71.1 Å². The zero-order chi connectivity index (χ0) is 20.8. The fraction of sp³-hybridized carbons (Fsp3) is 0.174. The molecule has 0 bridgehead atoms. The molecule has 150 valence electrons. The molecule has 0 fully saturated rings. The van der Waals surface area contributed by atoms with Crippen molar-refractivity contribution in [1.82, 2.24) is 0 Å². The fourth-order valence-electron chi connectivity index (χ4n) is 2.96. The largest absolute Gasteiger partial charge is 0.484 e. The van der Waals surface area contributed by atoms with Crippen LogP contribution in [0.5, 0.6) is 5.75 Å². The number of benzene rings is 3. The zero-order valence-electron chi connectivity index (χ0n) is 16.4. The lowest BCUT2D eigenvalue weighted by Crippen LogP contribution is -2.29. The highest BCUT2D eigenvalue weighted by Crippen LogP contribution is 2.29. The second-order valence-corrected chi connectivity index (χ2v) is 7.58. The molecule has 0 unspecified atom stereocenters. The predicted octanol–water partition coefficient (Wildman–Crippen LogP) is 5.76. The van der Waals surface area contributed by atoms with E-state index in [1.165, 1.54) is 23.2 Å². The zero-order valence-corrected chi connectivity index (χ0v) is 17.2. The molecule has 2 atom stereocenters. The van der Waals surface area contributed by atoms with E-state index in [4.69, 9.17) is 15.9 Å². The summed E-state index contributed by atoms with van der Waals surface area (Å²) in [4.78, 5) is 1.18. The third kappa shape index (κ3) is 5.37. The molecule has 3 rings (SSSR count). The smallest absolute Gasteiger partial charge is 0.138 e. The molecule has 3 aromatic rings. The van der Waals surface area contributed by atoms with Crippen molar-refractivity contribution >= 4 is 29.4 Å². The lowest BCUT2D eigenvalue weighted by molar-refractivity contribution is 0.180. The highest BCUT2D eigenvalue weighted by molar-refractivity contribution is 7.98. The summed E-state index contributed by atoms with van der Waals surface area (Å²) in [7, 11) is 0. The maximum atomic E-state index is 13.1. The van der Waals surface area contributed by atoms with Crippen LogP contribution in [-0.4, -0.2) is 18.5 Å². The Morgan fingerprint density at radius 3 is 2.34 bits per heavy atom. The van der Waals surface area contributed by atoms with Crippen molar-refractivity contribution in [2.45, 2.75) is 24.0 Å². The molecule has 4 N–H and O–H groups in total. The van der Waals surface area contributed by atoms with Gasteiger partial charge in [-0.2, -0.15) is 0 Å². The summed E-state index contributed by atoms with van der Waals surface area (Å²) in [6, 6.07) is 19.5. The molecular formula is C23H24FN3OS. The second kappa shape index (κ2) is 9.58. The molecule has 4 nitrogen and oxygen atoms in total. The lowest BCUT2D eigenvalue weighted by Gasteiger charge is -2.24. The molecule has 0 aliphatic carbocycles. The van der Waals surface area contributed by atoms with Gasteiger partial charge in [0.2, 0.25) is 0 Å². The third-order valence-electron chi connectivity index (χ3n) is 4.49. The molecule has 6 heteroatoms. The van der Waals surface area contributed by atoms with Crippen molar-refractivity contribution < 1.29 is 9.13 Å². The molecule has 0 saturated carbocycles. The highest BCUT2D eigenvalue weighted by atomic mass is 32.2. The minimum atomic E-state index is -0.305. The van der Waals surface area contributed by atoms with Crippen LogP contribution in [0, 0.1) is 11.2 Å². The van der Waals surface area contributed by atoms with Gasteiger partial charge in [-0.15, -0.1) is 11.8 Å². The first-order chi connectivity index (χ1) is 14.0. The summed E-state index contributed by atoms with van der Waals surface area (Å²) in [6.07, 6.45) is 2.99. The van der Waals surface area contributed by atoms with E-state index in [0.717, 1.165) is 16.9 Å². The van der Waals surface area contributed by atoms with Gasteiger partial charge in [0.05, 0.1) is 0 Å².